The molecule has 1 heterocycles. The Morgan fingerprint density at radius 1 is 1.38 bits per heavy atom. The molecule has 21 heavy (non-hydrogen) atoms. The summed E-state index contributed by atoms with van der Waals surface area (Å²) in [6.07, 6.45) is 2.91. The average molecular weight is 320 g/mol. The van der Waals surface area contributed by atoms with Crippen LogP contribution >= 0.6 is 23.1 Å². The highest BCUT2D eigenvalue weighted by molar-refractivity contribution is 7.98. The number of rotatable bonds is 6. The SMILES string of the molecule is CSc1ccccc1NC(=O)C(C)O/N=C/c1cccs1. The van der Waals surface area contributed by atoms with Gasteiger partial charge in [0.1, 0.15) is 0 Å². The van der Waals surface area contributed by atoms with Gasteiger partial charge >= 0.3 is 0 Å². The van der Waals surface area contributed by atoms with Crippen molar-refractivity contribution in [2.75, 3.05) is 11.6 Å². The zero-order chi connectivity index (χ0) is 15.1. The molecule has 1 unspecified atom stereocenters. The van der Waals surface area contributed by atoms with Gasteiger partial charge in [-0.05, 0) is 36.8 Å². The van der Waals surface area contributed by atoms with Crippen molar-refractivity contribution in [3.63, 3.8) is 0 Å². The highest BCUT2D eigenvalue weighted by atomic mass is 32.2. The van der Waals surface area contributed by atoms with Gasteiger partial charge in [-0.2, -0.15) is 0 Å². The molecule has 0 aliphatic carbocycles. The molecule has 6 heteroatoms. The number of hydrogen-bond acceptors (Lipinski definition) is 5. The third-order valence-electron chi connectivity index (χ3n) is 2.68. The summed E-state index contributed by atoms with van der Waals surface area (Å²) in [6.45, 7) is 1.67. The lowest BCUT2D eigenvalue weighted by atomic mass is 10.3. The number of hydrogen-bond donors (Lipinski definition) is 1. The molecule has 0 saturated carbocycles. The molecule has 0 bridgehead atoms. The molecule has 0 saturated heterocycles. The number of carbonyl (C=O) groups excluding carboxylic acids is 1. The van der Waals surface area contributed by atoms with Gasteiger partial charge in [0.2, 0.25) is 6.10 Å². The minimum Gasteiger partial charge on any atom is -0.383 e. The maximum Gasteiger partial charge on any atom is 0.268 e. The molecule has 2 aromatic rings. The van der Waals surface area contributed by atoms with Crippen molar-refractivity contribution in [3.8, 4) is 0 Å². The second-order valence-corrected chi connectivity index (χ2v) is 6.01. The zero-order valence-corrected chi connectivity index (χ0v) is 13.4. The van der Waals surface area contributed by atoms with Crippen molar-refractivity contribution in [3.05, 3.63) is 46.7 Å². The minimum absolute atomic E-state index is 0.222. The molecule has 0 fully saturated rings. The summed E-state index contributed by atoms with van der Waals surface area (Å²) >= 11 is 3.14. The van der Waals surface area contributed by atoms with Gasteiger partial charge in [-0.15, -0.1) is 23.1 Å². The van der Waals surface area contributed by atoms with E-state index in [4.69, 9.17) is 4.84 Å². The van der Waals surface area contributed by atoms with E-state index in [2.05, 4.69) is 10.5 Å². The molecule has 0 spiro atoms. The van der Waals surface area contributed by atoms with Crippen molar-refractivity contribution in [2.24, 2.45) is 5.16 Å². The Morgan fingerprint density at radius 2 is 2.19 bits per heavy atom. The van der Waals surface area contributed by atoms with E-state index in [-0.39, 0.29) is 5.91 Å². The number of benzene rings is 1. The molecule has 1 atom stereocenters. The van der Waals surface area contributed by atoms with E-state index in [1.165, 1.54) is 0 Å². The number of nitrogens with one attached hydrogen (secondary N) is 1. The summed E-state index contributed by atoms with van der Waals surface area (Å²) in [6, 6.07) is 11.5. The Morgan fingerprint density at radius 3 is 2.90 bits per heavy atom. The molecule has 1 aromatic carbocycles. The fraction of sp³-hybridized carbons (Fsp3) is 0.200. The summed E-state index contributed by atoms with van der Waals surface area (Å²) in [7, 11) is 0. The number of para-hydroxylation sites is 1. The van der Waals surface area contributed by atoms with Gasteiger partial charge in [-0.3, -0.25) is 4.79 Å². The minimum atomic E-state index is -0.656. The highest BCUT2D eigenvalue weighted by Gasteiger charge is 2.15. The summed E-state index contributed by atoms with van der Waals surface area (Å²) < 4.78 is 0. The first kappa shape index (κ1) is 15.6. The van der Waals surface area contributed by atoms with Crippen LogP contribution in [0.2, 0.25) is 0 Å². The fourth-order valence-corrected chi connectivity index (χ4v) is 2.70. The topological polar surface area (TPSA) is 50.7 Å². The third kappa shape index (κ3) is 4.61. The van der Waals surface area contributed by atoms with E-state index in [1.54, 1.807) is 36.2 Å². The van der Waals surface area contributed by atoms with Crippen LogP contribution < -0.4 is 5.32 Å². The molecular weight excluding hydrogens is 304 g/mol. The lowest BCUT2D eigenvalue weighted by molar-refractivity contribution is -0.126. The third-order valence-corrected chi connectivity index (χ3v) is 4.28. The molecule has 1 N–H and O–H groups in total. The average Bonchev–Trinajstić information content (AvgIpc) is 3.01. The van der Waals surface area contributed by atoms with E-state index >= 15 is 0 Å². The second-order valence-electron chi connectivity index (χ2n) is 4.19. The number of amides is 1. The standard InChI is InChI=1S/C15H16N2O2S2/c1-11(19-16-10-12-6-5-9-21-12)15(18)17-13-7-3-4-8-14(13)20-2/h3-11H,1-2H3,(H,17,18)/b16-10+. The number of nitrogens with zero attached hydrogens (tertiary/aromatic N) is 1. The first-order valence-corrected chi connectivity index (χ1v) is 8.47. The Labute approximate surface area is 132 Å². The Bertz CT molecular complexity index is 612. The van der Waals surface area contributed by atoms with Crippen LogP contribution in [0.5, 0.6) is 0 Å². The molecule has 0 aliphatic rings. The Hall–Kier alpha value is -1.79. The van der Waals surface area contributed by atoms with Crippen molar-refractivity contribution < 1.29 is 9.63 Å². The number of carbonyl (C=O) groups is 1. The van der Waals surface area contributed by atoms with E-state index < -0.39 is 6.10 Å². The lowest BCUT2D eigenvalue weighted by Gasteiger charge is -2.12. The molecule has 110 valence electrons. The van der Waals surface area contributed by atoms with Crippen molar-refractivity contribution in [1.82, 2.24) is 0 Å². The summed E-state index contributed by atoms with van der Waals surface area (Å²) in [5, 5.41) is 8.64. The van der Waals surface area contributed by atoms with Crippen LogP contribution in [0.4, 0.5) is 5.69 Å². The van der Waals surface area contributed by atoms with Gasteiger partial charge in [-0.25, -0.2) is 0 Å². The zero-order valence-electron chi connectivity index (χ0n) is 11.8. The quantitative estimate of drug-likeness (QED) is 0.500. The van der Waals surface area contributed by atoms with E-state index in [0.29, 0.717) is 0 Å². The first-order chi connectivity index (χ1) is 10.2. The van der Waals surface area contributed by atoms with Crippen molar-refractivity contribution >= 4 is 40.9 Å². The van der Waals surface area contributed by atoms with Crippen LogP contribution in [-0.4, -0.2) is 24.5 Å². The molecule has 1 amide bonds. The highest BCUT2D eigenvalue weighted by Crippen LogP contribution is 2.24. The Kier molecular flexibility index (Phi) is 5.83. The van der Waals surface area contributed by atoms with Gasteiger partial charge in [0.05, 0.1) is 11.9 Å². The van der Waals surface area contributed by atoms with Gasteiger partial charge in [0.15, 0.2) is 0 Å². The van der Waals surface area contributed by atoms with Crippen LogP contribution in [0.15, 0.2) is 51.8 Å². The van der Waals surface area contributed by atoms with E-state index in [0.717, 1.165) is 15.5 Å². The van der Waals surface area contributed by atoms with Crippen molar-refractivity contribution in [2.45, 2.75) is 17.9 Å². The number of anilines is 1. The van der Waals surface area contributed by atoms with Crippen LogP contribution in [0, 0.1) is 0 Å². The second kappa shape index (κ2) is 7.85. The monoisotopic (exact) mass is 320 g/mol. The van der Waals surface area contributed by atoms with Gasteiger partial charge in [0.25, 0.3) is 5.91 Å². The number of oxime groups is 1. The molecule has 2 rings (SSSR count). The maximum atomic E-state index is 12.1. The van der Waals surface area contributed by atoms with Crippen LogP contribution in [0.3, 0.4) is 0 Å². The number of thiophene rings is 1. The molecular formula is C15H16N2O2S2. The van der Waals surface area contributed by atoms with Crippen LogP contribution in [0.1, 0.15) is 11.8 Å². The molecule has 1 aromatic heterocycles. The van der Waals surface area contributed by atoms with Gasteiger partial charge < -0.3 is 10.2 Å². The van der Waals surface area contributed by atoms with Crippen LogP contribution in [0.25, 0.3) is 0 Å². The van der Waals surface area contributed by atoms with E-state index in [1.807, 2.05) is 48.0 Å². The molecule has 4 nitrogen and oxygen atoms in total. The van der Waals surface area contributed by atoms with Crippen molar-refractivity contribution in [1.29, 1.82) is 0 Å². The van der Waals surface area contributed by atoms with Crippen LogP contribution in [-0.2, 0) is 9.63 Å². The van der Waals surface area contributed by atoms with Gasteiger partial charge in [0, 0.05) is 9.77 Å². The van der Waals surface area contributed by atoms with Gasteiger partial charge in [-0.1, -0.05) is 23.4 Å². The normalized spacial score (nSPS) is 12.3. The summed E-state index contributed by atoms with van der Waals surface area (Å²) in [5.41, 5.74) is 0.785. The predicted molar refractivity (Wildman–Crippen MR) is 89.3 cm³/mol. The fourth-order valence-electron chi connectivity index (χ4n) is 1.57. The summed E-state index contributed by atoms with van der Waals surface area (Å²) in [5.74, 6) is -0.222. The molecule has 0 aliphatic heterocycles. The number of thioether (sulfide) groups is 1. The van der Waals surface area contributed by atoms with E-state index in [9.17, 15) is 4.79 Å². The lowest BCUT2D eigenvalue weighted by Crippen LogP contribution is -2.26. The predicted octanol–water partition coefficient (Wildman–Crippen LogP) is 3.85. The largest absolute Gasteiger partial charge is 0.383 e. The Balaban J connectivity index is 1.90. The molecule has 0 radical (unpaired) electrons. The maximum absolute atomic E-state index is 12.1. The smallest absolute Gasteiger partial charge is 0.268 e. The first-order valence-electron chi connectivity index (χ1n) is 6.37. The summed E-state index contributed by atoms with van der Waals surface area (Å²) in [4.78, 5) is 19.2.